The summed E-state index contributed by atoms with van der Waals surface area (Å²) in [5.74, 6) is -0.108. The average molecular weight is 460 g/mol. The first-order chi connectivity index (χ1) is 16.6. The molecule has 0 spiro atoms. The largest absolute Gasteiger partial charge is 0.366 e. The zero-order chi connectivity index (χ0) is 23.8. The molecule has 0 bridgehead atoms. The van der Waals surface area contributed by atoms with Crippen LogP contribution in [0.4, 0.5) is 11.4 Å². The molecule has 3 aromatic carbocycles. The number of rotatable bonds is 10. The summed E-state index contributed by atoms with van der Waals surface area (Å²) in [6.07, 6.45) is 1.24. The fourth-order valence-electron chi connectivity index (χ4n) is 4.39. The predicted octanol–water partition coefficient (Wildman–Crippen LogP) is 4.81. The van der Waals surface area contributed by atoms with Crippen molar-refractivity contribution in [3.8, 4) is 0 Å². The molecule has 1 aliphatic heterocycles. The van der Waals surface area contributed by atoms with Gasteiger partial charge in [-0.15, -0.1) is 0 Å². The van der Waals surface area contributed by atoms with Gasteiger partial charge in [-0.2, -0.15) is 0 Å². The number of anilines is 2. The fraction of sp³-hybridized carbons (Fsp3) is 0.321. The maximum atomic E-state index is 12.5. The Morgan fingerprint density at radius 2 is 1.71 bits per heavy atom. The number of hydrogen-bond acceptors (Lipinski definition) is 5. The van der Waals surface area contributed by atoms with E-state index in [4.69, 9.17) is 9.47 Å². The molecule has 1 heterocycles. The molecule has 178 valence electrons. The Balaban J connectivity index is 1.45. The Hall–Kier alpha value is -3.19. The number of nitrogens with zero attached hydrogens (tertiary/aromatic N) is 2. The van der Waals surface area contributed by atoms with E-state index < -0.39 is 0 Å². The molecule has 34 heavy (non-hydrogen) atoms. The van der Waals surface area contributed by atoms with Crippen LogP contribution in [0.2, 0.25) is 0 Å². The number of amides is 1. The highest BCUT2D eigenvalue weighted by Crippen LogP contribution is 2.29. The van der Waals surface area contributed by atoms with Gasteiger partial charge in [0.1, 0.15) is 6.79 Å². The van der Waals surface area contributed by atoms with Crippen molar-refractivity contribution in [1.29, 1.82) is 0 Å². The third-order valence-electron chi connectivity index (χ3n) is 6.30. The van der Waals surface area contributed by atoms with E-state index in [2.05, 4.69) is 64.6 Å². The number of ether oxygens (including phenoxy) is 2. The van der Waals surface area contributed by atoms with E-state index >= 15 is 0 Å². The molecule has 1 amide bonds. The lowest BCUT2D eigenvalue weighted by atomic mass is 10.0. The van der Waals surface area contributed by atoms with Crippen LogP contribution >= 0.6 is 0 Å². The van der Waals surface area contributed by atoms with Crippen molar-refractivity contribution in [2.75, 3.05) is 50.8 Å². The minimum Gasteiger partial charge on any atom is -0.366 e. The van der Waals surface area contributed by atoms with Crippen LogP contribution in [-0.2, 0) is 9.47 Å². The van der Waals surface area contributed by atoms with Crippen LogP contribution in [0.5, 0.6) is 0 Å². The first-order valence-corrected chi connectivity index (χ1v) is 11.7. The summed E-state index contributed by atoms with van der Waals surface area (Å²) < 4.78 is 10.8. The highest BCUT2D eigenvalue weighted by molar-refractivity contribution is 6.04. The van der Waals surface area contributed by atoms with Crippen LogP contribution in [-0.4, -0.2) is 57.5 Å². The molecule has 0 unspecified atom stereocenters. The van der Waals surface area contributed by atoms with Gasteiger partial charge in [0.2, 0.25) is 0 Å². The minimum atomic E-state index is -0.108. The smallest absolute Gasteiger partial charge is 0.255 e. The highest BCUT2D eigenvalue weighted by Gasteiger charge is 2.27. The van der Waals surface area contributed by atoms with Crippen molar-refractivity contribution in [1.82, 2.24) is 4.90 Å². The van der Waals surface area contributed by atoms with Gasteiger partial charge in [0.25, 0.3) is 5.91 Å². The molecule has 1 fully saturated rings. The summed E-state index contributed by atoms with van der Waals surface area (Å²) in [6.45, 7) is 3.16. The number of likely N-dealkylation sites (tertiary alicyclic amines) is 1. The summed E-state index contributed by atoms with van der Waals surface area (Å²) in [4.78, 5) is 17.2. The van der Waals surface area contributed by atoms with E-state index in [0.717, 1.165) is 37.4 Å². The predicted molar refractivity (Wildman–Crippen MR) is 136 cm³/mol. The Morgan fingerprint density at radius 3 is 2.38 bits per heavy atom. The Labute approximate surface area is 202 Å². The van der Waals surface area contributed by atoms with Crippen LogP contribution in [0.15, 0.2) is 84.9 Å². The van der Waals surface area contributed by atoms with E-state index in [1.165, 1.54) is 5.56 Å². The first-order valence-electron chi connectivity index (χ1n) is 11.7. The molecule has 0 radical (unpaired) electrons. The molecule has 0 saturated carbocycles. The third kappa shape index (κ3) is 6.23. The third-order valence-corrected chi connectivity index (χ3v) is 6.30. The maximum Gasteiger partial charge on any atom is 0.255 e. The van der Waals surface area contributed by atoms with Crippen molar-refractivity contribution in [3.05, 3.63) is 96.1 Å². The summed E-state index contributed by atoms with van der Waals surface area (Å²) in [5.41, 5.74) is 3.79. The number of nitrogens with one attached hydrogen (secondary N) is 1. The Morgan fingerprint density at radius 1 is 1.03 bits per heavy atom. The van der Waals surface area contributed by atoms with E-state index in [9.17, 15) is 4.79 Å². The van der Waals surface area contributed by atoms with Gasteiger partial charge in [-0.05, 0) is 48.4 Å². The van der Waals surface area contributed by atoms with Crippen molar-refractivity contribution in [2.45, 2.75) is 18.6 Å². The normalized spacial score (nSPS) is 16.8. The fourth-order valence-corrected chi connectivity index (χ4v) is 4.39. The second kappa shape index (κ2) is 11.8. The lowest BCUT2D eigenvalue weighted by molar-refractivity contribution is -0.0671. The molecule has 0 aliphatic carbocycles. The van der Waals surface area contributed by atoms with Gasteiger partial charge in [-0.1, -0.05) is 48.5 Å². The molecule has 0 aromatic heterocycles. The van der Waals surface area contributed by atoms with Gasteiger partial charge in [0.15, 0.2) is 0 Å². The molecule has 6 nitrogen and oxygen atoms in total. The second-order valence-corrected chi connectivity index (χ2v) is 8.65. The summed E-state index contributed by atoms with van der Waals surface area (Å²) >= 11 is 0. The van der Waals surface area contributed by atoms with E-state index in [1.807, 2.05) is 42.5 Å². The van der Waals surface area contributed by atoms with Crippen LogP contribution in [0, 0.1) is 0 Å². The number of methoxy groups -OCH3 is 1. The molecule has 1 N–H and O–H groups in total. The van der Waals surface area contributed by atoms with Crippen molar-refractivity contribution >= 4 is 17.3 Å². The number of carbonyl (C=O) groups excluding carboxylic acids is 1. The molecule has 6 heteroatoms. The summed E-state index contributed by atoms with van der Waals surface area (Å²) in [5, 5.41) is 2.98. The zero-order valence-electron chi connectivity index (χ0n) is 19.9. The molecule has 2 atom stereocenters. The second-order valence-electron chi connectivity index (χ2n) is 8.65. The van der Waals surface area contributed by atoms with E-state index in [1.54, 1.807) is 7.11 Å². The van der Waals surface area contributed by atoms with Crippen molar-refractivity contribution in [3.63, 3.8) is 0 Å². The lowest BCUT2D eigenvalue weighted by Crippen LogP contribution is -2.36. The average Bonchev–Trinajstić information content (AvgIpc) is 3.34. The monoisotopic (exact) mass is 459 g/mol. The van der Waals surface area contributed by atoms with Crippen LogP contribution in [0.1, 0.15) is 28.4 Å². The molecular weight excluding hydrogens is 426 g/mol. The minimum absolute atomic E-state index is 0.108. The highest BCUT2D eigenvalue weighted by atomic mass is 16.7. The van der Waals surface area contributed by atoms with E-state index in [-0.39, 0.29) is 18.1 Å². The van der Waals surface area contributed by atoms with Crippen LogP contribution < -0.4 is 10.2 Å². The number of hydrogen-bond donors (Lipinski definition) is 1. The van der Waals surface area contributed by atoms with Crippen LogP contribution in [0.25, 0.3) is 0 Å². The Kier molecular flexibility index (Phi) is 8.31. The molecule has 1 saturated heterocycles. The topological polar surface area (TPSA) is 54.0 Å². The lowest BCUT2D eigenvalue weighted by Gasteiger charge is -2.34. The van der Waals surface area contributed by atoms with Gasteiger partial charge in [0, 0.05) is 50.7 Å². The number of likely N-dealkylation sites (N-methyl/N-ethyl adjacent to an activating group) is 1. The van der Waals surface area contributed by atoms with E-state index in [0.29, 0.717) is 12.4 Å². The maximum absolute atomic E-state index is 12.5. The van der Waals surface area contributed by atoms with Gasteiger partial charge in [-0.3, -0.25) is 9.69 Å². The number of benzene rings is 3. The molecule has 3 aromatic rings. The standard InChI is InChI=1S/C28H33N3O3/c1-30(25-15-13-24(14-16-25)29-28(32)23-11-7-4-8-12-23)27(22-9-5-3-6-10-22)20-31-18-17-26(19-31)34-21-33-2/h3-16,26-27H,17-21H2,1-2H3,(H,29,32)/t26-,27+/m0/s1. The van der Waals surface area contributed by atoms with Crippen molar-refractivity contribution in [2.24, 2.45) is 0 Å². The first kappa shape index (κ1) is 24.0. The summed E-state index contributed by atoms with van der Waals surface area (Å²) in [7, 11) is 3.79. The quantitative estimate of drug-likeness (QED) is 0.441. The number of carbonyl (C=O) groups is 1. The van der Waals surface area contributed by atoms with Crippen molar-refractivity contribution < 1.29 is 14.3 Å². The zero-order valence-corrected chi connectivity index (χ0v) is 19.9. The Bertz CT molecular complexity index is 1030. The van der Waals surface area contributed by atoms with Gasteiger partial charge < -0.3 is 19.7 Å². The van der Waals surface area contributed by atoms with Gasteiger partial charge in [-0.25, -0.2) is 0 Å². The molecule has 1 aliphatic rings. The SMILES string of the molecule is COCO[C@H]1CCN(C[C@H](c2ccccc2)N(C)c2ccc(NC(=O)c3ccccc3)cc2)C1. The summed E-state index contributed by atoms with van der Waals surface area (Å²) in [6, 6.07) is 28.1. The van der Waals surface area contributed by atoms with Crippen LogP contribution in [0.3, 0.4) is 0 Å². The van der Waals surface area contributed by atoms with Gasteiger partial charge >= 0.3 is 0 Å². The van der Waals surface area contributed by atoms with Gasteiger partial charge in [0.05, 0.1) is 12.1 Å². The molecular formula is C28H33N3O3. The molecule has 4 rings (SSSR count).